The SMILES string of the molecule is COc1cc(OC)c2c(c1)C(=O)OC2C(Cl)(Cl)Cl. The van der Waals surface area contributed by atoms with Crippen LogP contribution < -0.4 is 9.47 Å². The number of esters is 1. The van der Waals surface area contributed by atoms with Gasteiger partial charge in [-0.05, 0) is 6.07 Å². The summed E-state index contributed by atoms with van der Waals surface area (Å²) in [6.45, 7) is 0. The van der Waals surface area contributed by atoms with Gasteiger partial charge in [0.05, 0.1) is 25.3 Å². The van der Waals surface area contributed by atoms with E-state index < -0.39 is 15.9 Å². The number of methoxy groups -OCH3 is 2. The molecule has 0 saturated carbocycles. The Morgan fingerprint density at radius 2 is 1.89 bits per heavy atom. The summed E-state index contributed by atoms with van der Waals surface area (Å²) in [7, 11) is 2.93. The summed E-state index contributed by atoms with van der Waals surface area (Å²) in [4.78, 5) is 11.7. The number of alkyl halides is 3. The van der Waals surface area contributed by atoms with Crippen LogP contribution in [0.2, 0.25) is 0 Å². The summed E-state index contributed by atoms with van der Waals surface area (Å²) in [6, 6.07) is 3.13. The van der Waals surface area contributed by atoms with Crippen molar-refractivity contribution in [2.45, 2.75) is 9.90 Å². The van der Waals surface area contributed by atoms with Gasteiger partial charge in [-0.2, -0.15) is 0 Å². The van der Waals surface area contributed by atoms with Crippen LogP contribution in [0.1, 0.15) is 22.0 Å². The van der Waals surface area contributed by atoms with E-state index in [2.05, 4.69) is 0 Å². The quantitative estimate of drug-likeness (QED) is 0.621. The van der Waals surface area contributed by atoms with Crippen LogP contribution in [0.15, 0.2) is 12.1 Å². The van der Waals surface area contributed by atoms with E-state index in [1.54, 1.807) is 6.07 Å². The van der Waals surface area contributed by atoms with Gasteiger partial charge in [0.2, 0.25) is 3.79 Å². The molecule has 1 heterocycles. The second-order valence-electron chi connectivity index (χ2n) is 3.62. The average Bonchev–Trinajstić information content (AvgIpc) is 2.65. The van der Waals surface area contributed by atoms with Crippen molar-refractivity contribution in [3.8, 4) is 11.5 Å². The zero-order valence-corrected chi connectivity index (χ0v) is 11.8. The second-order valence-corrected chi connectivity index (χ2v) is 5.99. The van der Waals surface area contributed by atoms with E-state index in [1.165, 1.54) is 20.3 Å². The van der Waals surface area contributed by atoms with Crippen molar-refractivity contribution in [2.75, 3.05) is 14.2 Å². The molecule has 0 bridgehead atoms. The number of fused-ring (bicyclic) bond motifs is 1. The molecule has 0 radical (unpaired) electrons. The lowest BCUT2D eigenvalue weighted by molar-refractivity contribution is 0.0391. The number of rotatable bonds is 2. The lowest BCUT2D eigenvalue weighted by Gasteiger charge is -2.20. The molecule has 0 spiro atoms. The smallest absolute Gasteiger partial charge is 0.339 e. The highest BCUT2D eigenvalue weighted by Crippen LogP contribution is 2.51. The fraction of sp³-hybridized carbons (Fsp3) is 0.364. The number of benzene rings is 1. The third-order valence-electron chi connectivity index (χ3n) is 2.58. The first-order valence-corrected chi connectivity index (χ1v) is 6.05. The van der Waals surface area contributed by atoms with Crippen LogP contribution in [0, 0.1) is 0 Å². The first-order chi connectivity index (χ1) is 8.38. The Balaban J connectivity index is 2.62. The van der Waals surface area contributed by atoms with E-state index in [4.69, 9.17) is 49.0 Å². The lowest BCUT2D eigenvalue weighted by Crippen LogP contribution is -2.17. The topological polar surface area (TPSA) is 44.8 Å². The standard InChI is InChI=1S/C11H9Cl3O4/c1-16-5-3-6-8(7(4-5)17-2)9(11(12,13)14)18-10(6)15/h3-4,9H,1-2H3. The van der Waals surface area contributed by atoms with Gasteiger partial charge in [0.15, 0.2) is 6.10 Å². The fourth-order valence-corrected chi connectivity index (χ4v) is 2.25. The highest BCUT2D eigenvalue weighted by Gasteiger charge is 2.46. The number of cyclic esters (lactones) is 1. The molecule has 0 saturated heterocycles. The molecular formula is C11H9Cl3O4. The summed E-state index contributed by atoms with van der Waals surface area (Å²) in [6.07, 6.45) is -0.995. The molecule has 1 aromatic rings. The Morgan fingerprint density at radius 1 is 1.22 bits per heavy atom. The first kappa shape index (κ1) is 13.6. The minimum absolute atomic E-state index is 0.280. The molecular weight excluding hydrogens is 302 g/mol. The molecule has 1 aromatic carbocycles. The Morgan fingerprint density at radius 3 is 2.39 bits per heavy atom. The van der Waals surface area contributed by atoms with Crippen molar-refractivity contribution in [1.29, 1.82) is 0 Å². The average molecular weight is 312 g/mol. The van der Waals surface area contributed by atoms with Gasteiger partial charge in [0.25, 0.3) is 0 Å². The number of ether oxygens (including phenoxy) is 3. The van der Waals surface area contributed by atoms with Crippen LogP contribution in [0.3, 0.4) is 0 Å². The van der Waals surface area contributed by atoms with Crippen LogP contribution >= 0.6 is 34.8 Å². The van der Waals surface area contributed by atoms with Crippen molar-refractivity contribution in [3.05, 3.63) is 23.3 Å². The number of carbonyl (C=O) groups is 1. The highest BCUT2D eigenvalue weighted by atomic mass is 35.6. The largest absolute Gasteiger partial charge is 0.497 e. The maximum Gasteiger partial charge on any atom is 0.339 e. The molecule has 4 nitrogen and oxygen atoms in total. The zero-order chi connectivity index (χ0) is 13.5. The van der Waals surface area contributed by atoms with Gasteiger partial charge in [-0.3, -0.25) is 0 Å². The van der Waals surface area contributed by atoms with Crippen molar-refractivity contribution < 1.29 is 19.0 Å². The maximum absolute atomic E-state index is 11.7. The predicted octanol–water partition coefficient (Wildman–Crippen LogP) is 3.29. The lowest BCUT2D eigenvalue weighted by atomic mass is 10.0. The van der Waals surface area contributed by atoms with Crippen molar-refractivity contribution in [3.63, 3.8) is 0 Å². The third-order valence-corrected chi connectivity index (χ3v) is 3.17. The summed E-state index contributed by atoms with van der Waals surface area (Å²) in [5.41, 5.74) is 0.700. The molecule has 98 valence electrons. The molecule has 7 heteroatoms. The van der Waals surface area contributed by atoms with Gasteiger partial charge in [0, 0.05) is 6.07 Å². The Hall–Kier alpha value is -0.840. The van der Waals surface area contributed by atoms with Crippen molar-refractivity contribution in [2.24, 2.45) is 0 Å². The van der Waals surface area contributed by atoms with Crippen LogP contribution in [0.5, 0.6) is 11.5 Å². The van der Waals surface area contributed by atoms with Gasteiger partial charge < -0.3 is 14.2 Å². The third kappa shape index (κ3) is 2.20. The Bertz CT molecular complexity index is 496. The van der Waals surface area contributed by atoms with E-state index >= 15 is 0 Å². The van der Waals surface area contributed by atoms with E-state index in [1.807, 2.05) is 0 Å². The summed E-state index contributed by atoms with van der Waals surface area (Å²) < 4.78 is 13.6. The van der Waals surface area contributed by atoms with Gasteiger partial charge in [-0.25, -0.2) is 4.79 Å². The summed E-state index contributed by atoms with van der Waals surface area (Å²) >= 11 is 17.4. The van der Waals surface area contributed by atoms with Crippen LogP contribution in [0.4, 0.5) is 0 Å². The van der Waals surface area contributed by atoms with Crippen LogP contribution in [-0.4, -0.2) is 24.0 Å². The normalized spacial score (nSPS) is 18.3. The van der Waals surface area contributed by atoms with Crippen molar-refractivity contribution in [1.82, 2.24) is 0 Å². The van der Waals surface area contributed by atoms with Crippen LogP contribution in [0.25, 0.3) is 0 Å². The monoisotopic (exact) mass is 310 g/mol. The maximum atomic E-state index is 11.7. The van der Waals surface area contributed by atoms with Gasteiger partial charge in [0.1, 0.15) is 11.5 Å². The molecule has 1 atom stereocenters. The molecule has 1 unspecified atom stereocenters. The minimum atomic E-state index is -1.76. The highest BCUT2D eigenvalue weighted by molar-refractivity contribution is 6.68. The molecule has 2 rings (SSSR count). The predicted molar refractivity (Wildman–Crippen MR) is 68.0 cm³/mol. The Kier molecular flexibility index (Phi) is 3.54. The number of hydrogen-bond acceptors (Lipinski definition) is 4. The van der Waals surface area contributed by atoms with Gasteiger partial charge in [-0.1, -0.05) is 34.8 Å². The molecule has 0 aromatic heterocycles. The van der Waals surface area contributed by atoms with Gasteiger partial charge >= 0.3 is 5.97 Å². The van der Waals surface area contributed by atoms with E-state index in [0.29, 0.717) is 17.1 Å². The first-order valence-electron chi connectivity index (χ1n) is 4.92. The zero-order valence-electron chi connectivity index (χ0n) is 9.50. The molecule has 0 N–H and O–H groups in total. The summed E-state index contributed by atoms with van der Waals surface area (Å²) in [5, 5.41) is 0. The molecule has 18 heavy (non-hydrogen) atoms. The van der Waals surface area contributed by atoms with Crippen LogP contribution in [-0.2, 0) is 4.74 Å². The number of carbonyl (C=O) groups excluding carboxylic acids is 1. The molecule has 1 aliphatic rings. The molecule has 0 aliphatic carbocycles. The summed E-state index contributed by atoms with van der Waals surface area (Å²) in [5.74, 6) is 0.276. The molecule has 0 fully saturated rings. The second kappa shape index (κ2) is 4.68. The van der Waals surface area contributed by atoms with E-state index in [9.17, 15) is 4.79 Å². The number of hydrogen-bond donors (Lipinski definition) is 0. The number of halogens is 3. The van der Waals surface area contributed by atoms with Gasteiger partial charge in [-0.15, -0.1) is 0 Å². The van der Waals surface area contributed by atoms with Crippen molar-refractivity contribution >= 4 is 40.8 Å². The molecule has 0 amide bonds. The minimum Gasteiger partial charge on any atom is -0.497 e. The Labute approximate surface area is 119 Å². The molecule has 1 aliphatic heterocycles. The van der Waals surface area contributed by atoms with E-state index in [-0.39, 0.29) is 5.56 Å². The fourth-order valence-electron chi connectivity index (χ4n) is 1.79. The van der Waals surface area contributed by atoms with E-state index in [0.717, 1.165) is 0 Å².